The maximum Gasteiger partial charge on any atom is 0.160 e. The lowest BCUT2D eigenvalue weighted by atomic mass is 10.3. The van der Waals surface area contributed by atoms with E-state index in [1.807, 2.05) is 0 Å². The highest BCUT2D eigenvalue weighted by Gasteiger charge is 2.07. The van der Waals surface area contributed by atoms with Crippen molar-refractivity contribution in [2.24, 2.45) is 0 Å². The molecule has 3 N–H and O–H groups in total. The molecule has 0 heterocycles. The second kappa shape index (κ2) is 5.29. The molecular weight excluding hydrogens is 253 g/mol. The van der Waals surface area contributed by atoms with Gasteiger partial charge in [0, 0.05) is 6.54 Å². The summed E-state index contributed by atoms with van der Waals surface area (Å²) in [4.78, 5) is 0. The molecule has 0 bridgehead atoms. The smallest absolute Gasteiger partial charge is 0.160 e. The van der Waals surface area contributed by atoms with Crippen molar-refractivity contribution >= 4 is 21.6 Å². The average molecular weight is 264 g/mol. The van der Waals surface area contributed by atoms with Gasteiger partial charge in [0.1, 0.15) is 0 Å². The molecule has 5 heteroatoms. The number of hydrogen-bond acceptors (Lipinski definition) is 3. The maximum absolute atomic E-state index is 13.3. The number of anilines is 1. The topological polar surface area (TPSA) is 52.5 Å². The highest BCUT2D eigenvalue weighted by Crippen LogP contribution is 2.22. The molecule has 3 nitrogen and oxygen atoms in total. The minimum atomic E-state index is -0.881. The summed E-state index contributed by atoms with van der Waals surface area (Å²) in [7, 11) is 0. The zero-order valence-corrected chi connectivity index (χ0v) is 8.96. The van der Waals surface area contributed by atoms with Crippen molar-refractivity contribution in [2.45, 2.75) is 6.10 Å². The monoisotopic (exact) mass is 263 g/mol. The van der Waals surface area contributed by atoms with Gasteiger partial charge >= 0.3 is 0 Å². The predicted octanol–water partition coefficient (Wildman–Crippen LogP) is 1.35. The van der Waals surface area contributed by atoms with Crippen molar-refractivity contribution in [3.05, 3.63) is 28.5 Å². The van der Waals surface area contributed by atoms with Crippen LogP contribution in [0.5, 0.6) is 0 Å². The molecule has 0 saturated heterocycles. The third-order valence-electron chi connectivity index (χ3n) is 1.69. The standard InChI is InChI=1S/C9H11BrFNO2/c10-7-2-1-3-8(9(7)11)12-4-6(14)5-13/h1-3,6,12-14H,4-5H2. The molecule has 1 aromatic rings. The normalized spacial score (nSPS) is 12.6. The Balaban J connectivity index is 2.63. The van der Waals surface area contributed by atoms with E-state index in [-0.39, 0.29) is 13.2 Å². The molecule has 0 fully saturated rings. The molecule has 0 aliphatic heterocycles. The van der Waals surface area contributed by atoms with E-state index in [1.165, 1.54) is 0 Å². The minimum Gasteiger partial charge on any atom is -0.394 e. The molecule has 1 atom stereocenters. The number of hydrogen-bond donors (Lipinski definition) is 3. The lowest BCUT2D eigenvalue weighted by Crippen LogP contribution is -2.23. The van der Waals surface area contributed by atoms with E-state index in [0.29, 0.717) is 10.2 Å². The van der Waals surface area contributed by atoms with Gasteiger partial charge in [-0.3, -0.25) is 0 Å². The van der Waals surface area contributed by atoms with Gasteiger partial charge in [0.15, 0.2) is 5.82 Å². The Labute approximate surface area is 89.7 Å². The van der Waals surface area contributed by atoms with Crippen molar-refractivity contribution in [3.8, 4) is 0 Å². The number of aliphatic hydroxyl groups excluding tert-OH is 2. The van der Waals surface area contributed by atoms with Gasteiger partial charge in [0.05, 0.1) is 22.9 Å². The second-order valence-electron chi connectivity index (χ2n) is 2.82. The molecule has 1 unspecified atom stereocenters. The Kier molecular flexibility index (Phi) is 4.31. The van der Waals surface area contributed by atoms with Crippen molar-refractivity contribution < 1.29 is 14.6 Å². The van der Waals surface area contributed by atoms with Crippen molar-refractivity contribution in [1.82, 2.24) is 0 Å². The molecule has 78 valence electrons. The quantitative estimate of drug-likeness (QED) is 0.769. The molecule has 0 amide bonds. The first kappa shape index (κ1) is 11.4. The van der Waals surface area contributed by atoms with Crippen LogP contribution in [0.2, 0.25) is 0 Å². The summed E-state index contributed by atoms with van der Waals surface area (Å²) in [5.41, 5.74) is 0.298. The Hall–Kier alpha value is -0.650. The summed E-state index contributed by atoms with van der Waals surface area (Å²) in [6.07, 6.45) is -0.881. The van der Waals surface area contributed by atoms with Crippen LogP contribution in [0.1, 0.15) is 0 Å². The van der Waals surface area contributed by atoms with Gasteiger partial charge in [-0.2, -0.15) is 0 Å². The fourth-order valence-electron chi connectivity index (χ4n) is 0.933. The molecule has 14 heavy (non-hydrogen) atoms. The molecule has 0 aliphatic rings. The highest BCUT2D eigenvalue weighted by molar-refractivity contribution is 9.10. The van der Waals surface area contributed by atoms with E-state index >= 15 is 0 Å². The largest absolute Gasteiger partial charge is 0.394 e. The van der Waals surface area contributed by atoms with E-state index < -0.39 is 11.9 Å². The van der Waals surface area contributed by atoms with Gasteiger partial charge in [0.2, 0.25) is 0 Å². The average Bonchev–Trinajstić information content (AvgIpc) is 2.20. The molecule has 0 aliphatic carbocycles. The highest BCUT2D eigenvalue weighted by atomic mass is 79.9. The molecule has 0 saturated carbocycles. The summed E-state index contributed by atoms with van der Waals surface area (Å²) in [5.74, 6) is -0.405. The number of rotatable bonds is 4. The van der Waals surface area contributed by atoms with Crippen LogP contribution in [0, 0.1) is 5.82 Å². The third-order valence-corrected chi connectivity index (χ3v) is 2.30. The predicted molar refractivity (Wildman–Crippen MR) is 55.7 cm³/mol. The van der Waals surface area contributed by atoms with E-state index in [2.05, 4.69) is 21.2 Å². The molecule has 1 rings (SSSR count). The summed E-state index contributed by atoms with van der Waals surface area (Å²) < 4.78 is 13.7. The van der Waals surface area contributed by atoms with Crippen molar-refractivity contribution in [3.63, 3.8) is 0 Å². The number of aliphatic hydroxyl groups is 2. The van der Waals surface area contributed by atoms with Crippen LogP contribution < -0.4 is 5.32 Å². The Morgan fingerprint density at radius 2 is 2.21 bits per heavy atom. The second-order valence-corrected chi connectivity index (χ2v) is 3.67. The Morgan fingerprint density at radius 3 is 2.86 bits per heavy atom. The van der Waals surface area contributed by atoms with Crippen LogP contribution in [0.25, 0.3) is 0 Å². The van der Waals surface area contributed by atoms with Crippen LogP contribution in [-0.4, -0.2) is 29.5 Å². The summed E-state index contributed by atoms with van der Waals surface area (Å²) in [6.45, 7) is -0.230. The number of nitrogens with one attached hydrogen (secondary N) is 1. The van der Waals surface area contributed by atoms with E-state index in [9.17, 15) is 4.39 Å². The van der Waals surface area contributed by atoms with Gasteiger partial charge in [0.25, 0.3) is 0 Å². The summed E-state index contributed by atoms with van der Waals surface area (Å²) >= 11 is 3.04. The van der Waals surface area contributed by atoms with Crippen molar-refractivity contribution in [2.75, 3.05) is 18.5 Å². The van der Waals surface area contributed by atoms with Gasteiger partial charge < -0.3 is 15.5 Å². The molecule has 1 aromatic carbocycles. The van der Waals surface area contributed by atoms with Crippen LogP contribution in [-0.2, 0) is 0 Å². The molecule has 0 spiro atoms. The number of benzene rings is 1. The molecular formula is C9H11BrFNO2. The van der Waals surface area contributed by atoms with Gasteiger partial charge in [-0.05, 0) is 28.1 Å². The lowest BCUT2D eigenvalue weighted by Gasteiger charge is -2.11. The lowest BCUT2D eigenvalue weighted by molar-refractivity contribution is 0.105. The zero-order chi connectivity index (χ0) is 10.6. The van der Waals surface area contributed by atoms with Crippen LogP contribution in [0.15, 0.2) is 22.7 Å². The third kappa shape index (κ3) is 2.94. The summed E-state index contributed by atoms with van der Waals surface area (Å²) in [6, 6.07) is 4.83. The fourth-order valence-corrected chi connectivity index (χ4v) is 1.30. The maximum atomic E-state index is 13.3. The van der Waals surface area contributed by atoms with Crippen LogP contribution in [0.3, 0.4) is 0 Å². The molecule has 0 aromatic heterocycles. The first-order chi connectivity index (χ1) is 6.65. The van der Waals surface area contributed by atoms with E-state index in [4.69, 9.17) is 10.2 Å². The summed E-state index contributed by atoms with van der Waals surface area (Å²) in [5, 5.41) is 20.3. The van der Waals surface area contributed by atoms with Gasteiger partial charge in [-0.1, -0.05) is 6.07 Å². The Morgan fingerprint density at radius 1 is 1.50 bits per heavy atom. The first-order valence-corrected chi connectivity index (χ1v) is 4.91. The van der Waals surface area contributed by atoms with E-state index in [1.54, 1.807) is 18.2 Å². The minimum absolute atomic E-state index is 0.115. The first-order valence-electron chi connectivity index (χ1n) is 4.12. The SMILES string of the molecule is OCC(O)CNc1cccc(Br)c1F. The Bertz CT molecular complexity index is 309. The molecule has 0 radical (unpaired) electrons. The zero-order valence-electron chi connectivity index (χ0n) is 7.37. The van der Waals surface area contributed by atoms with Crippen LogP contribution >= 0.6 is 15.9 Å². The van der Waals surface area contributed by atoms with E-state index in [0.717, 1.165) is 0 Å². The van der Waals surface area contributed by atoms with Crippen molar-refractivity contribution in [1.29, 1.82) is 0 Å². The fraction of sp³-hybridized carbons (Fsp3) is 0.333. The number of halogens is 2. The van der Waals surface area contributed by atoms with Gasteiger partial charge in [-0.15, -0.1) is 0 Å². The van der Waals surface area contributed by atoms with Gasteiger partial charge in [-0.25, -0.2) is 4.39 Å². The van der Waals surface area contributed by atoms with Crippen LogP contribution in [0.4, 0.5) is 10.1 Å².